The van der Waals surface area contributed by atoms with E-state index in [0.29, 0.717) is 0 Å². The molecule has 0 N–H and O–H groups in total. The van der Waals surface area contributed by atoms with E-state index < -0.39 is 72.5 Å². The van der Waals surface area contributed by atoms with Gasteiger partial charge in [0.15, 0.2) is 20.0 Å². The topological polar surface area (TPSA) is 128 Å². The standard InChI is InChI=1S/C24H16N2.3C8H5F3O2S.Eu/c1-3-7-17(8-4-1)19-13-15-25-23-21(19)11-12-22-20(14-16-26-24(22)23)18-9-5-2-6-10-18;3*9-4-6(12)8(10,11)7(13)5-2-1-3-14-5;/h1-16H;3*1-3H,4H2;. The monoisotopic (exact) mass is 1150 g/mol. The molecule has 8 rings (SSSR count). The van der Waals surface area contributed by atoms with E-state index in [1.165, 1.54) is 56.6 Å². The van der Waals surface area contributed by atoms with Crippen molar-refractivity contribution in [3.05, 3.63) is 164 Å². The molecule has 3 aromatic carbocycles. The van der Waals surface area contributed by atoms with Crippen molar-refractivity contribution in [3.63, 3.8) is 0 Å². The fourth-order valence-electron chi connectivity index (χ4n) is 5.89. The van der Waals surface area contributed by atoms with Crippen molar-refractivity contribution in [3.8, 4) is 22.3 Å². The van der Waals surface area contributed by atoms with Crippen LogP contribution in [0.2, 0.25) is 0 Å². The van der Waals surface area contributed by atoms with Crippen LogP contribution in [-0.4, -0.2) is 82.5 Å². The quantitative estimate of drug-likeness (QED) is 0.0456. The third-order valence-electron chi connectivity index (χ3n) is 9.30. The van der Waals surface area contributed by atoms with Gasteiger partial charge >= 0.3 is 17.8 Å². The fourth-order valence-corrected chi connectivity index (χ4v) is 7.97. The average Bonchev–Trinajstić information content (AvgIpc) is 4.22. The number of alkyl halides is 9. The predicted octanol–water partition coefficient (Wildman–Crippen LogP) is 12.4. The Balaban J connectivity index is 0.000000210. The van der Waals surface area contributed by atoms with Gasteiger partial charge in [0.2, 0.25) is 34.7 Å². The number of hydrogen-bond acceptors (Lipinski definition) is 11. The number of fused-ring (bicyclic) bond motifs is 3. The normalized spacial score (nSPS) is 11.1. The SMILES string of the molecule is O=C(CF)C(F)(F)C(=O)c1cccs1.O=C(CF)C(F)(F)C(=O)c1cccs1.O=C(CF)C(F)(F)C(=O)c1cccs1.[Eu].c1ccc(-c2ccnc3c2ccc2c(-c4ccccc4)ccnc23)cc1. The number of Topliss-reactive ketones (excluding diaryl/α,β-unsaturated/α-hetero) is 6. The number of aromatic nitrogens is 2. The van der Waals surface area contributed by atoms with Crippen LogP contribution >= 0.6 is 34.0 Å². The molecule has 0 saturated heterocycles. The van der Waals surface area contributed by atoms with Gasteiger partial charge in [0.25, 0.3) is 0 Å². The molecule has 21 heteroatoms. The van der Waals surface area contributed by atoms with Crippen LogP contribution in [0, 0.1) is 49.4 Å². The van der Waals surface area contributed by atoms with Crippen molar-refractivity contribution in [1.82, 2.24) is 9.97 Å². The first kappa shape index (κ1) is 56.1. The number of carbonyl (C=O) groups excluding carboxylic acids is 6. The summed E-state index contributed by atoms with van der Waals surface area (Å²) in [6.07, 6.45) is 3.75. The molecule has 357 valence electrons. The fraction of sp³-hybridized carbons (Fsp3) is 0.125. The first-order chi connectivity index (χ1) is 32.4. The Morgan fingerprint density at radius 3 is 0.942 bits per heavy atom. The molecule has 0 aliphatic carbocycles. The number of pyridine rings is 2. The molecule has 0 amide bonds. The summed E-state index contributed by atoms with van der Waals surface area (Å²) in [5.41, 5.74) is 6.65. The summed E-state index contributed by atoms with van der Waals surface area (Å²) in [7, 11) is 0. The van der Waals surface area contributed by atoms with Gasteiger partial charge in [-0.2, -0.15) is 26.3 Å². The number of halogens is 9. The maximum Gasteiger partial charge on any atom is 0.370 e. The summed E-state index contributed by atoms with van der Waals surface area (Å²) in [6, 6.07) is 37.0. The summed E-state index contributed by atoms with van der Waals surface area (Å²) in [5, 5.41) is 6.52. The number of nitrogens with zero attached hydrogens (tertiary/aromatic N) is 2. The Kier molecular flexibility index (Phi) is 20.7. The van der Waals surface area contributed by atoms with Crippen molar-refractivity contribution < 1.29 is 118 Å². The molecule has 0 aliphatic heterocycles. The Morgan fingerprint density at radius 1 is 0.406 bits per heavy atom. The van der Waals surface area contributed by atoms with Crippen LogP contribution in [0.15, 0.2) is 150 Å². The molecule has 8 aromatic rings. The van der Waals surface area contributed by atoms with Crippen molar-refractivity contribution in [2.24, 2.45) is 0 Å². The number of rotatable bonds is 14. The largest absolute Gasteiger partial charge is 0.370 e. The molecule has 0 fully saturated rings. The second-order valence-electron chi connectivity index (χ2n) is 13.6. The number of ketones is 6. The molecule has 8 nitrogen and oxygen atoms in total. The van der Waals surface area contributed by atoms with Crippen LogP contribution < -0.4 is 0 Å². The van der Waals surface area contributed by atoms with E-state index in [1.807, 2.05) is 24.5 Å². The minimum Gasteiger partial charge on any atom is -0.289 e. The summed E-state index contributed by atoms with van der Waals surface area (Å²) in [6.45, 7) is -5.53. The predicted molar refractivity (Wildman–Crippen MR) is 242 cm³/mol. The summed E-state index contributed by atoms with van der Waals surface area (Å²) in [4.78, 5) is 72.9. The second kappa shape index (κ2) is 25.4. The van der Waals surface area contributed by atoms with Crippen molar-refractivity contribution in [2.75, 3.05) is 20.0 Å². The maximum absolute atomic E-state index is 12.8. The van der Waals surface area contributed by atoms with Gasteiger partial charge in [-0.15, -0.1) is 34.0 Å². The van der Waals surface area contributed by atoms with Gasteiger partial charge in [0.1, 0.15) is 0 Å². The molecule has 0 atom stereocenters. The third-order valence-corrected chi connectivity index (χ3v) is 11.9. The number of carbonyl (C=O) groups is 6. The molecule has 0 spiro atoms. The third kappa shape index (κ3) is 13.5. The zero-order valence-electron chi connectivity index (χ0n) is 34.9. The molecule has 0 saturated carbocycles. The van der Waals surface area contributed by atoms with E-state index >= 15 is 0 Å². The van der Waals surface area contributed by atoms with Crippen LogP contribution in [0.4, 0.5) is 39.5 Å². The van der Waals surface area contributed by atoms with Crippen LogP contribution in [0.5, 0.6) is 0 Å². The molecular weight excluding hydrogens is 1120 g/mol. The first-order valence-electron chi connectivity index (χ1n) is 19.3. The Morgan fingerprint density at radius 2 is 0.696 bits per heavy atom. The summed E-state index contributed by atoms with van der Waals surface area (Å²) >= 11 is 2.34. The number of benzene rings is 3. The second-order valence-corrected chi connectivity index (χ2v) is 16.5. The van der Waals surface area contributed by atoms with Gasteiger partial charge in [-0.3, -0.25) is 38.7 Å². The van der Waals surface area contributed by atoms with Gasteiger partial charge in [0.05, 0.1) is 25.7 Å². The summed E-state index contributed by atoms with van der Waals surface area (Å²) < 4.78 is 112. The minimum absolute atomic E-state index is 0. The molecule has 69 heavy (non-hydrogen) atoms. The van der Waals surface area contributed by atoms with E-state index in [0.717, 1.165) is 74.0 Å². The van der Waals surface area contributed by atoms with Gasteiger partial charge in [-0.05, 0) is 68.7 Å². The molecule has 5 aromatic heterocycles. The van der Waals surface area contributed by atoms with Crippen molar-refractivity contribution >= 4 is 90.5 Å². The Bertz CT molecular complexity index is 2750. The maximum atomic E-state index is 12.8. The minimum atomic E-state index is -4.25. The van der Waals surface area contributed by atoms with Gasteiger partial charge in [-0.1, -0.05) is 91.0 Å². The molecule has 5 heterocycles. The zero-order chi connectivity index (χ0) is 49.6. The molecule has 0 bridgehead atoms. The number of thiophene rings is 3. The van der Waals surface area contributed by atoms with Gasteiger partial charge in [-0.25, -0.2) is 13.2 Å². The van der Waals surface area contributed by atoms with Crippen molar-refractivity contribution in [1.29, 1.82) is 0 Å². The molecule has 0 unspecified atom stereocenters. The first-order valence-corrected chi connectivity index (χ1v) is 22.0. The molecule has 0 aliphatic rings. The summed E-state index contributed by atoms with van der Waals surface area (Å²) in [5.74, 6) is -23.7. The van der Waals surface area contributed by atoms with Crippen LogP contribution in [0.25, 0.3) is 44.1 Å². The Hall–Kier alpha value is -5.45. The number of hydrogen-bond donors (Lipinski definition) is 0. The van der Waals surface area contributed by atoms with Gasteiger partial charge < -0.3 is 0 Å². The van der Waals surface area contributed by atoms with Gasteiger partial charge in [0, 0.05) is 72.5 Å². The zero-order valence-corrected chi connectivity index (χ0v) is 39.8. The van der Waals surface area contributed by atoms with Crippen LogP contribution in [0.1, 0.15) is 29.0 Å². The molecule has 1 radical (unpaired) electrons. The van der Waals surface area contributed by atoms with E-state index in [1.54, 1.807) is 0 Å². The van der Waals surface area contributed by atoms with Crippen molar-refractivity contribution in [2.45, 2.75) is 17.8 Å². The average molecular weight is 1150 g/mol. The van der Waals surface area contributed by atoms with E-state index in [4.69, 9.17) is 0 Å². The van der Waals surface area contributed by atoms with Crippen LogP contribution in [0.3, 0.4) is 0 Å². The van der Waals surface area contributed by atoms with Crippen LogP contribution in [-0.2, 0) is 14.4 Å². The smallest absolute Gasteiger partial charge is 0.289 e. The molecular formula is C48H31EuF9N2O6S3. The van der Waals surface area contributed by atoms with E-state index in [9.17, 15) is 68.3 Å². The Labute approximate surface area is 438 Å². The van der Waals surface area contributed by atoms with E-state index in [2.05, 4.69) is 82.8 Å². The van der Waals surface area contributed by atoms with E-state index in [-0.39, 0.29) is 64.0 Å².